The van der Waals surface area contributed by atoms with Crippen molar-refractivity contribution in [2.24, 2.45) is 5.92 Å². The number of fused-ring (bicyclic) bond motifs is 1. The SMILES string of the molecule is CC(C)Cc1cc2cc(CC(=O)O)ccc2o1. The van der Waals surface area contributed by atoms with E-state index in [1.54, 1.807) is 6.07 Å². The molecule has 17 heavy (non-hydrogen) atoms. The first-order chi connectivity index (χ1) is 8.04. The zero-order valence-electron chi connectivity index (χ0n) is 10.1. The molecule has 2 aromatic rings. The summed E-state index contributed by atoms with van der Waals surface area (Å²) in [6, 6.07) is 7.54. The van der Waals surface area contributed by atoms with Crippen molar-refractivity contribution in [1.29, 1.82) is 0 Å². The third kappa shape index (κ3) is 2.87. The minimum absolute atomic E-state index is 0.0562. The molecule has 3 heteroatoms. The van der Waals surface area contributed by atoms with Gasteiger partial charge in [0.05, 0.1) is 6.42 Å². The lowest BCUT2D eigenvalue weighted by Crippen LogP contribution is -1.99. The number of furan rings is 1. The highest BCUT2D eigenvalue weighted by Gasteiger charge is 2.07. The fourth-order valence-electron chi connectivity index (χ4n) is 1.94. The summed E-state index contributed by atoms with van der Waals surface area (Å²) in [5, 5.41) is 9.73. The van der Waals surface area contributed by atoms with Crippen molar-refractivity contribution in [3.8, 4) is 0 Å². The number of aliphatic carboxylic acids is 1. The molecule has 0 radical (unpaired) electrons. The van der Waals surface area contributed by atoms with Gasteiger partial charge in [0.15, 0.2) is 0 Å². The van der Waals surface area contributed by atoms with Crippen LogP contribution in [0.15, 0.2) is 28.7 Å². The summed E-state index contributed by atoms with van der Waals surface area (Å²) >= 11 is 0. The summed E-state index contributed by atoms with van der Waals surface area (Å²) in [6.45, 7) is 4.28. The van der Waals surface area contributed by atoms with Crippen LogP contribution in [0, 0.1) is 5.92 Å². The van der Waals surface area contributed by atoms with Gasteiger partial charge in [0.25, 0.3) is 0 Å². The largest absolute Gasteiger partial charge is 0.481 e. The molecule has 1 N–H and O–H groups in total. The summed E-state index contributed by atoms with van der Waals surface area (Å²) in [7, 11) is 0. The van der Waals surface area contributed by atoms with E-state index in [0.29, 0.717) is 5.92 Å². The zero-order chi connectivity index (χ0) is 12.4. The van der Waals surface area contributed by atoms with Crippen LogP contribution < -0.4 is 0 Å². The van der Waals surface area contributed by atoms with Gasteiger partial charge in [-0.25, -0.2) is 0 Å². The van der Waals surface area contributed by atoms with Gasteiger partial charge < -0.3 is 9.52 Å². The maximum atomic E-state index is 10.6. The van der Waals surface area contributed by atoms with Crippen LogP contribution in [-0.4, -0.2) is 11.1 Å². The summed E-state index contributed by atoms with van der Waals surface area (Å²) in [5.74, 6) is 0.701. The third-order valence-corrected chi connectivity index (χ3v) is 2.60. The first kappa shape index (κ1) is 11.7. The lowest BCUT2D eigenvalue weighted by atomic mass is 10.1. The smallest absolute Gasteiger partial charge is 0.307 e. The number of hydrogen-bond acceptors (Lipinski definition) is 2. The van der Waals surface area contributed by atoms with E-state index in [0.717, 1.165) is 28.7 Å². The average Bonchev–Trinajstić information content (AvgIpc) is 2.56. The van der Waals surface area contributed by atoms with E-state index < -0.39 is 5.97 Å². The number of carbonyl (C=O) groups is 1. The van der Waals surface area contributed by atoms with Crippen molar-refractivity contribution >= 4 is 16.9 Å². The molecule has 1 heterocycles. The van der Waals surface area contributed by atoms with Gasteiger partial charge in [-0.2, -0.15) is 0 Å². The molecule has 1 aromatic carbocycles. The Kier molecular flexibility index (Phi) is 3.18. The molecule has 0 saturated carbocycles. The normalized spacial score (nSPS) is 11.2. The number of carboxylic acid groups (broad SMARTS) is 1. The third-order valence-electron chi connectivity index (χ3n) is 2.60. The highest BCUT2D eigenvalue weighted by atomic mass is 16.4. The quantitative estimate of drug-likeness (QED) is 0.880. The molecular formula is C14H16O3. The Bertz CT molecular complexity index is 537. The van der Waals surface area contributed by atoms with E-state index >= 15 is 0 Å². The minimum Gasteiger partial charge on any atom is -0.481 e. The standard InChI is InChI=1S/C14H16O3/c1-9(2)5-12-8-11-6-10(7-14(15)16)3-4-13(11)17-12/h3-4,6,8-9H,5,7H2,1-2H3,(H,15,16). The highest BCUT2D eigenvalue weighted by Crippen LogP contribution is 2.22. The molecule has 0 aliphatic rings. The topological polar surface area (TPSA) is 50.4 Å². The van der Waals surface area contributed by atoms with E-state index in [4.69, 9.17) is 9.52 Å². The molecule has 0 atom stereocenters. The van der Waals surface area contributed by atoms with E-state index in [1.165, 1.54) is 0 Å². The number of carboxylic acids is 1. The predicted molar refractivity (Wildman–Crippen MR) is 66.1 cm³/mol. The van der Waals surface area contributed by atoms with Crippen LogP contribution >= 0.6 is 0 Å². The van der Waals surface area contributed by atoms with Gasteiger partial charge in [-0.05, 0) is 29.7 Å². The summed E-state index contributed by atoms with van der Waals surface area (Å²) < 4.78 is 5.69. The van der Waals surface area contributed by atoms with Crippen LogP contribution in [0.4, 0.5) is 0 Å². The van der Waals surface area contributed by atoms with Gasteiger partial charge in [-0.1, -0.05) is 19.9 Å². The zero-order valence-corrected chi connectivity index (χ0v) is 10.1. The Morgan fingerprint density at radius 1 is 1.35 bits per heavy atom. The monoisotopic (exact) mass is 232 g/mol. The van der Waals surface area contributed by atoms with Crippen molar-refractivity contribution in [3.05, 3.63) is 35.6 Å². The van der Waals surface area contributed by atoms with Crippen molar-refractivity contribution in [1.82, 2.24) is 0 Å². The molecule has 0 amide bonds. The minimum atomic E-state index is -0.810. The molecule has 0 spiro atoms. The highest BCUT2D eigenvalue weighted by molar-refractivity contribution is 5.80. The lowest BCUT2D eigenvalue weighted by Gasteiger charge is -1.98. The molecule has 1 aromatic heterocycles. The fraction of sp³-hybridized carbons (Fsp3) is 0.357. The molecule has 3 nitrogen and oxygen atoms in total. The lowest BCUT2D eigenvalue weighted by molar-refractivity contribution is -0.136. The summed E-state index contributed by atoms with van der Waals surface area (Å²) in [6.07, 6.45) is 0.962. The number of rotatable bonds is 4. The van der Waals surface area contributed by atoms with Crippen LogP contribution in [0.2, 0.25) is 0 Å². The van der Waals surface area contributed by atoms with E-state index in [9.17, 15) is 4.79 Å². The van der Waals surface area contributed by atoms with Crippen LogP contribution in [0.3, 0.4) is 0 Å². The second-order valence-electron chi connectivity index (χ2n) is 4.75. The number of hydrogen-bond donors (Lipinski definition) is 1. The van der Waals surface area contributed by atoms with Crippen LogP contribution in [0.5, 0.6) is 0 Å². The van der Waals surface area contributed by atoms with Crippen molar-refractivity contribution in [2.45, 2.75) is 26.7 Å². The number of benzene rings is 1. The van der Waals surface area contributed by atoms with Crippen molar-refractivity contribution in [2.75, 3.05) is 0 Å². The second kappa shape index (κ2) is 4.62. The molecule has 90 valence electrons. The molecule has 2 rings (SSSR count). The van der Waals surface area contributed by atoms with E-state index in [2.05, 4.69) is 13.8 Å². The van der Waals surface area contributed by atoms with Gasteiger partial charge in [-0.15, -0.1) is 0 Å². The van der Waals surface area contributed by atoms with Gasteiger partial charge >= 0.3 is 5.97 Å². The average molecular weight is 232 g/mol. The fourth-order valence-corrected chi connectivity index (χ4v) is 1.94. The molecule has 0 bridgehead atoms. The van der Waals surface area contributed by atoms with Crippen molar-refractivity contribution in [3.63, 3.8) is 0 Å². The first-order valence-corrected chi connectivity index (χ1v) is 5.77. The Hall–Kier alpha value is -1.77. The Labute approximate surface area is 100 Å². The Balaban J connectivity index is 2.30. The van der Waals surface area contributed by atoms with Gasteiger partial charge in [0.1, 0.15) is 11.3 Å². The van der Waals surface area contributed by atoms with Gasteiger partial charge in [0.2, 0.25) is 0 Å². The maximum absolute atomic E-state index is 10.6. The van der Waals surface area contributed by atoms with Crippen LogP contribution in [-0.2, 0) is 17.6 Å². The van der Waals surface area contributed by atoms with E-state index in [-0.39, 0.29) is 6.42 Å². The molecule has 0 saturated heterocycles. The van der Waals surface area contributed by atoms with Crippen LogP contribution in [0.1, 0.15) is 25.2 Å². The van der Waals surface area contributed by atoms with Crippen LogP contribution in [0.25, 0.3) is 11.0 Å². The summed E-state index contributed by atoms with van der Waals surface area (Å²) in [4.78, 5) is 10.6. The first-order valence-electron chi connectivity index (χ1n) is 5.77. The molecule has 0 fully saturated rings. The molecule has 0 unspecified atom stereocenters. The second-order valence-corrected chi connectivity index (χ2v) is 4.75. The Morgan fingerprint density at radius 2 is 2.12 bits per heavy atom. The van der Waals surface area contributed by atoms with Gasteiger partial charge in [0, 0.05) is 11.8 Å². The molecular weight excluding hydrogens is 216 g/mol. The van der Waals surface area contributed by atoms with E-state index in [1.807, 2.05) is 18.2 Å². The van der Waals surface area contributed by atoms with Crippen molar-refractivity contribution < 1.29 is 14.3 Å². The summed E-state index contributed by atoms with van der Waals surface area (Å²) in [5.41, 5.74) is 1.64. The Morgan fingerprint density at radius 3 is 2.76 bits per heavy atom. The predicted octanol–water partition coefficient (Wildman–Crippen LogP) is 3.26. The molecule has 0 aliphatic heterocycles. The van der Waals surface area contributed by atoms with Gasteiger partial charge in [-0.3, -0.25) is 4.79 Å². The molecule has 0 aliphatic carbocycles. The maximum Gasteiger partial charge on any atom is 0.307 e.